The molecule has 0 heterocycles. The van der Waals surface area contributed by atoms with E-state index in [4.69, 9.17) is 5.11 Å². The molecule has 3 nitrogen and oxygen atoms in total. The third-order valence-electron chi connectivity index (χ3n) is 3.84. The van der Waals surface area contributed by atoms with E-state index in [-0.39, 0.29) is 24.5 Å². The molecule has 0 saturated heterocycles. The van der Waals surface area contributed by atoms with E-state index in [0.717, 1.165) is 16.5 Å². The van der Waals surface area contributed by atoms with Gasteiger partial charge in [-0.3, -0.25) is 4.79 Å². The molecule has 1 aromatic rings. The predicted octanol–water partition coefficient (Wildman–Crippen LogP) is 2.78. The highest BCUT2D eigenvalue weighted by atomic mass is 79.9. The van der Waals surface area contributed by atoms with Gasteiger partial charge in [0.05, 0.1) is 5.41 Å². The summed E-state index contributed by atoms with van der Waals surface area (Å²) in [5.41, 5.74) is 0.389. The molecule has 0 spiro atoms. The predicted molar refractivity (Wildman–Crippen MR) is 83.4 cm³/mol. The summed E-state index contributed by atoms with van der Waals surface area (Å²) >= 11 is 3.44. The van der Waals surface area contributed by atoms with Crippen molar-refractivity contribution in [3.63, 3.8) is 0 Å². The Morgan fingerprint density at radius 1 is 1.45 bits per heavy atom. The summed E-state index contributed by atoms with van der Waals surface area (Å²) in [5.74, 6) is 0.165. The molecular formula is C16H20BrNO2. The van der Waals surface area contributed by atoms with Crippen molar-refractivity contribution in [1.29, 1.82) is 0 Å². The van der Waals surface area contributed by atoms with Gasteiger partial charge in [-0.1, -0.05) is 40.2 Å². The van der Waals surface area contributed by atoms with E-state index in [9.17, 15) is 4.79 Å². The summed E-state index contributed by atoms with van der Waals surface area (Å²) in [5, 5.41) is 12.2. The molecule has 2 rings (SSSR count). The molecule has 1 aliphatic carbocycles. The van der Waals surface area contributed by atoms with Gasteiger partial charge in [0.25, 0.3) is 0 Å². The van der Waals surface area contributed by atoms with Gasteiger partial charge in [-0.15, -0.1) is 0 Å². The van der Waals surface area contributed by atoms with Crippen molar-refractivity contribution in [1.82, 2.24) is 5.32 Å². The van der Waals surface area contributed by atoms with E-state index >= 15 is 0 Å². The highest BCUT2D eigenvalue weighted by Gasteiger charge is 2.32. The van der Waals surface area contributed by atoms with Crippen LogP contribution in [0.1, 0.15) is 25.8 Å². The van der Waals surface area contributed by atoms with Crippen molar-refractivity contribution in [2.75, 3.05) is 6.61 Å². The zero-order chi connectivity index (χ0) is 14.8. The summed E-state index contributed by atoms with van der Waals surface area (Å²) in [6.07, 6.45) is 4.71. The van der Waals surface area contributed by atoms with Crippen LogP contribution in [0.4, 0.5) is 0 Å². The highest BCUT2D eigenvalue weighted by Crippen LogP contribution is 2.27. The monoisotopic (exact) mass is 337 g/mol. The molecule has 0 fully saturated rings. The number of hydrogen-bond acceptors (Lipinski definition) is 2. The number of nitrogens with one attached hydrogen (secondary N) is 1. The fraction of sp³-hybridized carbons (Fsp3) is 0.438. The van der Waals surface area contributed by atoms with Crippen molar-refractivity contribution >= 4 is 21.8 Å². The molecule has 2 N–H and O–H groups in total. The van der Waals surface area contributed by atoms with Crippen molar-refractivity contribution in [2.45, 2.75) is 31.7 Å². The number of aliphatic hydroxyl groups excluding tert-OH is 1. The number of rotatable bonds is 4. The largest absolute Gasteiger partial charge is 0.396 e. The van der Waals surface area contributed by atoms with Crippen LogP contribution in [0, 0.1) is 5.92 Å². The smallest absolute Gasteiger partial charge is 0.230 e. The number of amides is 1. The standard InChI is InChI=1S/C16H20BrNO2/c1-16(2,12-4-3-5-13(17)9-12)15(20)18-14-7-6-11(8-14)10-19/h3-7,9,11,14,19H,8,10H2,1-2H3,(H,18,20)/t11-,14+/m0/s1. The first-order valence-corrected chi connectivity index (χ1v) is 7.59. The second-order valence-electron chi connectivity index (χ2n) is 5.78. The highest BCUT2D eigenvalue weighted by molar-refractivity contribution is 9.10. The van der Waals surface area contributed by atoms with E-state index in [0.29, 0.717) is 0 Å². The molecule has 0 saturated carbocycles. The third-order valence-corrected chi connectivity index (χ3v) is 4.33. The number of carbonyl (C=O) groups is 1. The maximum Gasteiger partial charge on any atom is 0.230 e. The fourth-order valence-electron chi connectivity index (χ4n) is 2.37. The minimum absolute atomic E-state index is 0.00356. The lowest BCUT2D eigenvalue weighted by molar-refractivity contribution is -0.126. The first-order chi connectivity index (χ1) is 9.43. The van der Waals surface area contributed by atoms with Gasteiger partial charge in [0.2, 0.25) is 5.91 Å². The van der Waals surface area contributed by atoms with Gasteiger partial charge in [-0.25, -0.2) is 0 Å². The number of carbonyl (C=O) groups excluding carboxylic acids is 1. The SMILES string of the molecule is CC(C)(C(=O)N[C@@H]1C=C[C@H](CO)C1)c1cccc(Br)c1. The third kappa shape index (κ3) is 3.30. The number of halogens is 1. The summed E-state index contributed by atoms with van der Waals surface area (Å²) in [4.78, 5) is 12.5. The van der Waals surface area contributed by atoms with Crippen LogP contribution in [-0.2, 0) is 10.2 Å². The molecule has 20 heavy (non-hydrogen) atoms. The topological polar surface area (TPSA) is 49.3 Å². The molecule has 1 amide bonds. The first-order valence-electron chi connectivity index (χ1n) is 6.79. The Hall–Kier alpha value is -1.13. The Bertz CT molecular complexity index is 525. The van der Waals surface area contributed by atoms with Gasteiger partial charge in [-0.05, 0) is 38.0 Å². The van der Waals surface area contributed by atoms with Crippen LogP contribution in [0.5, 0.6) is 0 Å². The van der Waals surface area contributed by atoms with Crippen LogP contribution in [0.3, 0.4) is 0 Å². The van der Waals surface area contributed by atoms with E-state index < -0.39 is 5.41 Å². The van der Waals surface area contributed by atoms with E-state index in [1.165, 1.54) is 0 Å². The molecule has 108 valence electrons. The van der Waals surface area contributed by atoms with Gasteiger partial charge >= 0.3 is 0 Å². The lowest BCUT2D eigenvalue weighted by Crippen LogP contribution is -2.44. The normalized spacial score (nSPS) is 22.0. The number of hydrogen-bond donors (Lipinski definition) is 2. The van der Waals surface area contributed by atoms with Crippen LogP contribution in [0.15, 0.2) is 40.9 Å². The first kappa shape index (κ1) is 15.3. The molecule has 0 aliphatic heterocycles. The molecule has 0 radical (unpaired) electrons. The minimum atomic E-state index is -0.588. The zero-order valence-electron chi connectivity index (χ0n) is 11.8. The van der Waals surface area contributed by atoms with Gasteiger partial charge in [0.15, 0.2) is 0 Å². The van der Waals surface area contributed by atoms with Gasteiger partial charge in [-0.2, -0.15) is 0 Å². The van der Waals surface area contributed by atoms with Gasteiger partial charge < -0.3 is 10.4 Å². The maximum absolute atomic E-state index is 12.5. The van der Waals surface area contributed by atoms with E-state index in [1.807, 2.05) is 50.3 Å². The van der Waals surface area contributed by atoms with Crippen molar-refractivity contribution in [2.24, 2.45) is 5.92 Å². The lowest BCUT2D eigenvalue weighted by Gasteiger charge is -2.26. The maximum atomic E-state index is 12.5. The van der Waals surface area contributed by atoms with Crippen LogP contribution in [0.2, 0.25) is 0 Å². The molecular weight excluding hydrogens is 318 g/mol. The average Bonchev–Trinajstić information content (AvgIpc) is 2.86. The van der Waals surface area contributed by atoms with E-state index in [2.05, 4.69) is 21.2 Å². The molecule has 2 atom stereocenters. The Kier molecular flexibility index (Phi) is 4.66. The quantitative estimate of drug-likeness (QED) is 0.830. The molecule has 0 unspecified atom stereocenters. The van der Waals surface area contributed by atoms with Crippen molar-refractivity contribution < 1.29 is 9.90 Å². The van der Waals surface area contributed by atoms with Crippen LogP contribution >= 0.6 is 15.9 Å². The number of aliphatic hydroxyl groups is 1. The van der Waals surface area contributed by atoms with E-state index in [1.54, 1.807) is 0 Å². The van der Waals surface area contributed by atoms with Crippen molar-refractivity contribution in [3.05, 3.63) is 46.5 Å². The Labute approximate surface area is 128 Å². The summed E-state index contributed by atoms with van der Waals surface area (Å²) < 4.78 is 0.969. The minimum Gasteiger partial charge on any atom is -0.396 e. The second kappa shape index (κ2) is 6.10. The Morgan fingerprint density at radius 2 is 2.20 bits per heavy atom. The summed E-state index contributed by atoms with van der Waals surface area (Å²) in [6.45, 7) is 3.98. The number of benzene rings is 1. The molecule has 1 aromatic carbocycles. The zero-order valence-corrected chi connectivity index (χ0v) is 13.4. The molecule has 1 aliphatic rings. The molecule has 0 aromatic heterocycles. The van der Waals surface area contributed by atoms with Gasteiger partial charge in [0, 0.05) is 23.0 Å². The molecule has 4 heteroatoms. The molecule has 0 bridgehead atoms. The van der Waals surface area contributed by atoms with Crippen LogP contribution in [-0.4, -0.2) is 23.7 Å². The average molecular weight is 338 g/mol. The lowest BCUT2D eigenvalue weighted by atomic mass is 9.83. The fourth-order valence-corrected chi connectivity index (χ4v) is 2.77. The van der Waals surface area contributed by atoms with Gasteiger partial charge in [0.1, 0.15) is 0 Å². The Morgan fingerprint density at radius 3 is 2.80 bits per heavy atom. The second-order valence-corrected chi connectivity index (χ2v) is 6.69. The van der Waals surface area contributed by atoms with Crippen molar-refractivity contribution in [3.8, 4) is 0 Å². The summed E-state index contributed by atoms with van der Waals surface area (Å²) in [7, 11) is 0. The Balaban J connectivity index is 2.06. The van der Waals surface area contributed by atoms with Crippen LogP contribution < -0.4 is 5.32 Å². The summed E-state index contributed by atoms with van der Waals surface area (Å²) in [6, 6.07) is 7.84. The van der Waals surface area contributed by atoms with Crippen LogP contribution in [0.25, 0.3) is 0 Å².